The van der Waals surface area contributed by atoms with Gasteiger partial charge in [0.1, 0.15) is 11.4 Å². The van der Waals surface area contributed by atoms with Crippen LogP contribution < -0.4 is 0 Å². The molecule has 0 atom stereocenters. The van der Waals surface area contributed by atoms with E-state index >= 15 is 0 Å². The zero-order valence-corrected chi connectivity index (χ0v) is 14.3. The number of hydrogen-bond acceptors (Lipinski definition) is 4. The lowest BCUT2D eigenvalue weighted by Gasteiger charge is -2.31. The Morgan fingerprint density at radius 2 is 2.21 bits per heavy atom. The van der Waals surface area contributed by atoms with E-state index < -0.39 is 0 Å². The van der Waals surface area contributed by atoms with E-state index in [-0.39, 0.29) is 5.91 Å². The number of nitrogens with zero attached hydrogens (tertiary/aromatic N) is 5. The number of carbonyl (C=O) groups excluding carboxylic acids is 1. The molecule has 1 aliphatic rings. The summed E-state index contributed by atoms with van der Waals surface area (Å²) in [5.74, 6) is 0.556. The minimum Gasteiger partial charge on any atom is -0.337 e. The average molecular weight is 328 g/mol. The van der Waals surface area contributed by atoms with Crippen molar-refractivity contribution < 1.29 is 4.79 Å². The van der Waals surface area contributed by atoms with Crippen molar-refractivity contribution in [1.29, 1.82) is 0 Å². The van der Waals surface area contributed by atoms with Crippen LogP contribution in [-0.4, -0.2) is 49.1 Å². The minimum atomic E-state index is 0.0283. The highest BCUT2D eigenvalue weighted by atomic mass is 16.2. The Kier molecular flexibility index (Phi) is 5.08. The number of aromatic nitrogens is 5. The number of rotatable bonds is 5. The first-order valence-corrected chi connectivity index (χ1v) is 8.56. The third-order valence-corrected chi connectivity index (χ3v) is 4.47. The molecule has 3 heterocycles. The van der Waals surface area contributed by atoms with Gasteiger partial charge in [-0.05, 0) is 44.2 Å². The van der Waals surface area contributed by atoms with Crippen LogP contribution in [0.15, 0.2) is 18.3 Å². The molecule has 0 spiro atoms. The molecule has 0 unspecified atom stereocenters. The molecule has 0 saturated carbocycles. The summed E-state index contributed by atoms with van der Waals surface area (Å²) in [6, 6.07) is 1.85. The van der Waals surface area contributed by atoms with Gasteiger partial charge in [0.15, 0.2) is 0 Å². The van der Waals surface area contributed by atoms with E-state index in [0.717, 1.165) is 50.3 Å². The van der Waals surface area contributed by atoms with Crippen LogP contribution in [0.5, 0.6) is 0 Å². The Morgan fingerprint density at radius 3 is 2.88 bits per heavy atom. The van der Waals surface area contributed by atoms with Gasteiger partial charge in [-0.2, -0.15) is 5.10 Å². The summed E-state index contributed by atoms with van der Waals surface area (Å²) in [4.78, 5) is 14.4. The van der Waals surface area contributed by atoms with Crippen LogP contribution in [0.25, 0.3) is 6.08 Å². The third-order valence-electron chi connectivity index (χ3n) is 4.47. The van der Waals surface area contributed by atoms with Crippen molar-refractivity contribution in [3.05, 3.63) is 35.4 Å². The van der Waals surface area contributed by atoms with Crippen LogP contribution in [0.3, 0.4) is 0 Å². The van der Waals surface area contributed by atoms with Crippen LogP contribution in [-0.2, 0) is 13.0 Å². The van der Waals surface area contributed by atoms with Gasteiger partial charge in [-0.3, -0.25) is 14.6 Å². The number of aromatic amines is 1. The normalized spacial score (nSPS) is 16.2. The van der Waals surface area contributed by atoms with E-state index in [9.17, 15) is 4.79 Å². The first-order valence-electron chi connectivity index (χ1n) is 8.56. The van der Waals surface area contributed by atoms with E-state index in [0.29, 0.717) is 11.6 Å². The minimum absolute atomic E-state index is 0.0283. The molecule has 1 fully saturated rings. The predicted octanol–water partition coefficient (Wildman–Crippen LogP) is 2.15. The summed E-state index contributed by atoms with van der Waals surface area (Å²) >= 11 is 0. The molecule has 1 aliphatic heterocycles. The monoisotopic (exact) mass is 328 g/mol. The van der Waals surface area contributed by atoms with Crippen molar-refractivity contribution >= 4 is 12.0 Å². The van der Waals surface area contributed by atoms with Gasteiger partial charge in [0.2, 0.25) is 0 Å². The molecule has 7 heteroatoms. The van der Waals surface area contributed by atoms with E-state index in [1.807, 2.05) is 47.8 Å². The number of carbonyl (C=O) groups is 1. The molecule has 0 aliphatic carbocycles. The fraction of sp³-hybridized carbons (Fsp3) is 0.529. The van der Waals surface area contributed by atoms with Crippen LogP contribution in [0.4, 0.5) is 0 Å². The van der Waals surface area contributed by atoms with Gasteiger partial charge in [-0.1, -0.05) is 18.2 Å². The summed E-state index contributed by atoms with van der Waals surface area (Å²) in [5.41, 5.74) is 2.41. The maximum Gasteiger partial charge on any atom is 0.274 e. The van der Waals surface area contributed by atoms with E-state index in [1.165, 1.54) is 0 Å². The quantitative estimate of drug-likeness (QED) is 0.912. The fourth-order valence-electron chi connectivity index (χ4n) is 3.05. The van der Waals surface area contributed by atoms with Gasteiger partial charge in [0.25, 0.3) is 5.91 Å². The SMILES string of the molecule is C/C=C/c1cn(CC2CCN(C(=O)c3cc(CC)[nH]n3)CC2)nn1. The molecule has 2 aromatic rings. The highest BCUT2D eigenvalue weighted by Crippen LogP contribution is 2.20. The number of hydrogen-bond donors (Lipinski definition) is 1. The number of likely N-dealkylation sites (tertiary alicyclic amines) is 1. The van der Waals surface area contributed by atoms with Gasteiger partial charge in [0, 0.05) is 25.3 Å². The number of allylic oxidation sites excluding steroid dienone is 1. The lowest BCUT2D eigenvalue weighted by Crippen LogP contribution is -2.39. The van der Waals surface area contributed by atoms with Crippen molar-refractivity contribution in [2.75, 3.05) is 13.1 Å². The van der Waals surface area contributed by atoms with Gasteiger partial charge < -0.3 is 4.90 Å². The van der Waals surface area contributed by atoms with Crippen molar-refractivity contribution in [3.63, 3.8) is 0 Å². The Bertz CT molecular complexity index is 708. The summed E-state index contributed by atoms with van der Waals surface area (Å²) in [6.07, 6.45) is 8.69. The molecule has 128 valence electrons. The van der Waals surface area contributed by atoms with Crippen molar-refractivity contribution in [3.8, 4) is 0 Å². The number of nitrogens with one attached hydrogen (secondary N) is 1. The van der Waals surface area contributed by atoms with Crippen molar-refractivity contribution in [2.24, 2.45) is 5.92 Å². The first-order chi connectivity index (χ1) is 11.7. The maximum absolute atomic E-state index is 12.5. The van der Waals surface area contributed by atoms with Gasteiger partial charge in [-0.15, -0.1) is 5.10 Å². The largest absolute Gasteiger partial charge is 0.337 e. The highest BCUT2D eigenvalue weighted by molar-refractivity contribution is 5.92. The maximum atomic E-state index is 12.5. The van der Waals surface area contributed by atoms with Gasteiger partial charge >= 0.3 is 0 Å². The molecule has 1 saturated heterocycles. The molecule has 0 radical (unpaired) electrons. The molecule has 1 N–H and O–H groups in total. The lowest BCUT2D eigenvalue weighted by molar-refractivity contribution is 0.0675. The number of H-pyrrole nitrogens is 1. The summed E-state index contributed by atoms with van der Waals surface area (Å²) in [7, 11) is 0. The zero-order valence-electron chi connectivity index (χ0n) is 14.3. The topological polar surface area (TPSA) is 79.7 Å². The Labute approximate surface area is 141 Å². The predicted molar refractivity (Wildman–Crippen MR) is 91.3 cm³/mol. The van der Waals surface area contributed by atoms with E-state index in [4.69, 9.17) is 0 Å². The number of piperidine rings is 1. The Hall–Kier alpha value is -2.44. The molecule has 0 aromatic carbocycles. The zero-order chi connectivity index (χ0) is 16.9. The molecule has 0 bridgehead atoms. The molecule has 2 aromatic heterocycles. The molecule has 7 nitrogen and oxygen atoms in total. The average Bonchev–Trinajstić information content (AvgIpc) is 3.25. The Balaban J connectivity index is 1.52. The summed E-state index contributed by atoms with van der Waals surface area (Å²) in [5, 5.41) is 15.3. The molecular formula is C17H24N6O. The van der Waals surface area contributed by atoms with Crippen LogP contribution in [0.1, 0.15) is 48.6 Å². The third kappa shape index (κ3) is 3.72. The fourth-order valence-corrected chi connectivity index (χ4v) is 3.05. The number of amides is 1. The van der Waals surface area contributed by atoms with Gasteiger partial charge in [0.05, 0.1) is 6.20 Å². The second-order valence-electron chi connectivity index (χ2n) is 6.23. The van der Waals surface area contributed by atoms with Crippen molar-refractivity contribution in [1.82, 2.24) is 30.1 Å². The van der Waals surface area contributed by atoms with Crippen LogP contribution in [0.2, 0.25) is 0 Å². The van der Waals surface area contributed by atoms with Crippen molar-refractivity contribution in [2.45, 2.75) is 39.7 Å². The van der Waals surface area contributed by atoms with E-state index in [1.54, 1.807) is 0 Å². The standard InChI is InChI=1S/C17H24N6O/c1-3-5-15-12-23(21-19-15)11-13-6-8-22(9-7-13)17(24)16-10-14(4-2)18-20-16/h3,5,10,12-13H,4,6-9,11H2,1-2H3,(H,18,20)/b5-3+. The highest BCUT2D eigenvalue weighted by Gasteiger charge is 2.25. The first kappa shape index (κ1) is 16.4. The number of aryl methyl sites for hydroxylation is 1. The van der Waals surface area contributed by atoms with Crippen LogP contribution >= 0.6 is 0 Å². The summed E-state index contributed by atoms with van der Waals surface area (Å²) in [6.45, 7) is 6.41. The second kappa shape index (κ2) is 7.42. The van der Waals surface area contributed by atoms with E-state index in [2.05, 4.69) is 20.5 Å². The van der Waals surface area contributed by atoms with Gasteiger partial charge in [-0.25, -0.2) is 0 Å². The second-order valence-corrected chi connectivity index (χ2v) is 6.23. The Morgan fingerprint density at radius 1 is 1.42 bits per heavy atom. The summed E-state index contributed by atoms with van der Waals surface area (Å²) < 4.78 is 1.90. The molecule has 3 rings (SSSR count). The lowest BCUT2D eigenvalue weighted by atomic mass is 9.96. The molecule has 24 heavy (non-hydrogen) atoms. The molecule has 1 amide bonds. The van der Waals surface area contributed by atoms with Crippen LogP contribution in [0, 0.1) is 5.92 Å². The molecular weight excluding hydrogens is 304 g/mol. The smallest absolute Gasteiger partial charge is 0.274 e.